The van der Waals surface area contributed by atoms with Gasteiger partial charge in [0.15, 0.2) is 0 Å². The van der Waals surface area contributed by atoms with Crippen LogP contribution < -0.4 is 16.0 Å². The van der Waals surface area contributed by atoms with E-state index >= 15 is 0 Å². The Kier molecular flexibility index (Phi) is 8.80. The van der Waals surface area contributed by atoms with Gasteiger partial charge in [0.25, 0.3) is 5.91 Å². The van der Waals surface area contributed by atoms with Crippen molar-refractivity contribution in [1.29, 1.82) is 0 Å². The zero-order valence-electron chi connectivity index (χ0n) is 20.8. The van der Waals surface area contributed by atoms with E-state index in [4.69, 9.17) is 16.0 Å². The molecule has 3 aromatic rings. The summed E-state index contributed by atoms with van der Waals surface area (Å²) < 4.78 is 10.3. The number of rotatable bonds is 9. The summed E-state index contributed by atoms with van der Waals surface area (Å²) in [5, 5.41) is 9.17. The lowest BCUT2D eigenvalue weighted by Crippen LogP contribution is -2.38. The predicted octanol–water partition coefficient (Wildman–Crippen LogP) is 4.19. The van der Waals surface area contributed by atoms with Crippen LogP contribution in [0, 0.1) is 0 Å². The quantitative estimate of drug-likeness (QED) is 0.345. The fourth-order valence-electron chi connectivity index (χ4n) is 4.20. The molecule has 4 amide bonds. The molecule has 0 saturated carbocycles. The minimum Gasteiger partial charge on any atom is -0.453 e. The number of furan rings is 1. The average Bonchev–Trinajstić information content (AvgIpc) is 3.53. The lowest BCUT2D eigenvalue weighted by Gasteiger charge is -2.16. The van der Waals surface area contributed by atoms with Gasteiger partial charge >= 0.3 is 6.09 Å². The Morgan fingerprint density at radius 3 is 2.66 bits per heavy atom. The number of anilines is 2. The highest BCUT2D eigenvalue weighted by Crippen LogP contribution is 2.31. The molecule has 1 atom stereocenters. The summed E-state index contributed by atoms with van der Waals surface area (Å²) in [5.74, 6) is -0.647. The molecule has 4 rings (SSSR count). The average molecular weight is 542 g/mol. The zero-order valence-corrected chi connectivity index (χ0v) is 21.5. The number of alkyl carbamates (subject to hydrolysis) is 1. The normalized spacial score (nSPS) is 14.8. The number of nitrogens with zero attached hydrogens (tertiary/aromatic N) is 2. The molecule has 1 aromatic carbocycles. The molecule has 38 heavy (non-hydrogen) atoms. The van der Waals surface area contributed by atoms with Gasteiger partial charge in [0, 0.05) is 37.5 Å². The van der Waals surface area contributed by atoms with Gasteiger partial charge in [0.1, 0.15) is 17.1 Å². The number of carbonyl (C=O) groups is 4. The van der Waals surface area contributed by atoms with Crippen molar-refractivity contribution in [2.24, 2.45) is 0 Å². The lowest BCUT2D eigenvalue weighted by atomic mass is 10.1. The molecule has 12 heteroatoms. The number of ether oxygens (including phenoxy) is 1. The lowest BCUT2D eigenvalue weighted by molar-refractivity contribution is -0.130. The zero-order chi connectivity index (χ0) is 27.1. The maximum absolute atomic E-state index is 12.9. The number of nitrogens with one attached hydrogen (secondary N) is 3. The summed E-state index contributed by atoms with van der Waals surface area (Å²) in [7, 11) is 1.30. The molecule has 1 aliphatic heterocycles. The van der Waals surface area contributed by atoms with E-state index in [0.29, 0.717) is 54.8 Å². The number of halogens is 1. The van der Waals surface area contributed by atoms with Gasteiger partial charge in [-0.05, 0) is 43.5 Å². The summed E-state index contributed by atoms with van der Waals surface area (Å²) in [4.78, 5) is 55.3. The molecule has 1 saturated heterocycles. The van der Waals surface area contributed by atoms with E-state index < -0.39 is 12.0 Å². The second-order valence-electron chi connectivity index (χ2n) is 8.83. The van der Waals surface area contributed by atoms with Gasteiger partial charge in [-0.3, -0.25) is 14.4 Å². The van der Waals surface area contributed by atoms with Gasteiger partial charge in [-0.15, -0.1) is 0 Å². The summed E-state index contributed by atoms with van der Waals surface area (Å²) in [6.07, 6.45) is 3.05. The molecule has 2 aromatic heterocycles. The van der Waals surface area contributed by atoms with Gasteiger partial charge in [0.05, 0.1) is 18.2 Å². The predicted molar refractivity (Wildman–Crippen MR) is 141 cm³/mol. The van der Waals surface area contributed by atoms with Crippen molar-refractivity contribution in [3.05, 3.63) is 53.4 Å². The molecular formula is C26H28ClN5O6. The van der Waals surface area contributed by atoms with Crippen LogP contribution in [0.25, 0.3) is 11.0 Å². The highest BCUT2D eigenvalue weighted by atomic mass is 35.5. The SMILES string of the molecule is COC(=O)NC1CCN(C(=O)CCCCC(=O)Nc2c(C(=O)Nc3ccc(Cl)cn3)oc3ccccc23)C1. The van der Waals surface area contributed by atoms with Crippen molar-refractivity contribution in [1.82, 2.24) is 15.2 Å². The number of benzene rings is 1. The van der Waals surface area contributed by atoms with Crippen LogP contribution in [0.2, 0.25) is 5.02 Å². The largest absolute Gasteiger partial charge is 0.453 e. The van der Waals surface area contributed by atoms with E-state index in [2.05, 4.69) is 25.7 Å². The summed E-state index contributed by atoms with van der Waals surface area (Å²) in [6, 6.07) is 10.0. The highest BCUT2D eigenvalue weighted by molar-refractivity contribution is 6.30. The molecule has 11 nitrogen and oxygen atoms in total. The van der Waals surface area contributed by atoms with Crippen molar-refractivity contribution in [3.8, 4) is 0 Å². The molecule has 1 fully saturated rings. The van der Waals surface area contributed by atoms with Crippen LogP contribution in [-0.4, -0.2) is 59.9 Å². The van der Waals surface area contributed by atoms with Gasteiger partial charge in [-0.25, -0.2) is 9.78 Å². The Hall–Kier alpha value is -4.12. The van der Waals surface area contributed by atoms with Crippen LogP contribution in [-0.2, 0) is 14.3 Å². The number of para-hydroxylation sites is 1. The van der Waals surface area contributed by atoms with Crippen molar-refractivity contribution < 1.29 is 28.3 Å². The molecule has 3 heterocycles. The fraction of sp³-hybridized carbons (Fsp3) is 0.346. The standard InChI is InChI=1S/C26H28ClN5O6/c1-37-26(36)29-17-12-13-32(15-17)22(34)9-5-4-8-21(33)31-23-18-6-2-3-7-19(18)38-24(23)25(35)30-20-11-10-16(27)14-28-20/h2-3,6-7,10-11,14,17H,4-5,8-9,12-13,15H2,1H3,(H,29,36)(H,31,33)(H,28,30,35). The number of hydrogen-bond acceptors (Lipinski definition) is 7. The first-order valence-corrected chi connectivity index (χ1v) is 12.6. The van der Waals surface area contributed by atoms with E-state index in [1.54, 1.807) is 41.3 Å². The summed E-state index contributed by atoms with van der Waals surface area (Å²) in [5.41, 5.74) is 0.725. The Bertz CT molecular complexity index is 1330. The minimum absolute atomic E-state index is 0.0184. The molecule has 1 unspecified atom stereocenters. The van der Waals surface area contributed by atoms with Crippen LogP contribution in [0.15, 0.2) is 47.0 Å². The second-order valence-corrected chi connectivity index (χ2v) is 9.27. The van der Waals surface area contributed by atoms with Crippen LogP contribution in [0.1, 0.15) is 42.7 Å². The van der Waals surface area contributed by atoms with Crippen LogP contribution in [0.3, 0.4) is 0 Å². The first kappa shape index (κ1) is 26.9. The van der Waals surface area contributed by atoms with Gasteiger partial charge in [-0.2, -0.15) is 0 Å². The number of unbranched alkanes of at least 4 members (excludes halogenated alkanes) is 1. The second kappa shape index (κ2) is 12.4. The maximum atomic E-state index is 12.9. The van der Waals surface area contributed by atoms with E-state index in [1.807, 2.05) is 0 Å². The molecule has 1 aliphatic rings. The number of likely N-dealkylation sites (tertiary alicyclic amines) is 1. The highest BCUT2D eigenvalue weighted by Gasteiger charge is 2.27. The van der Waals surface area contributed by atoms with E-state index in [1.165, 1.54) is 13.3 Å². The topological polar surface area (TPSA) is 143 Å². The number of fused-ring (bicyclic) bond motifs is 1. The Morgan fingerprint density at radius 2 is 1.89 bits per heavy atom. The first-order chi connectivity index (χ1) is 18.3. The van der Waals surface area contributed by atoms with Gasteiger partial charge in [0.2, 0.25) is 17.6 Å². The molecule has 3 N–H and O–H groups in total. The van der Waals surface area contributed by atoms with E-state index in [-0.39, 0.29) is 41.5 Å². The molecular weight excluding hydrogens is 514 g/mol. The third kappa shape index (κ3) is 6.80. The first-order valence-electron chi connectivity index (χ1n) is 12.2. The monoisotopic (exact) mass is 541 g/mol. The van der Waals surface area contributed by atoms with E-state index in [0.717, 1.165) is 0 Å². The number of amides is 4. The van der Waals surface area contributed by atoms with Crippen molar-refractivity contribution in [3.63, 3.8) is 0 Å². The number of carbonyl (C=O) groups excluding carboxylic acids is 4. The number of pyridine rings is 1. The third-order valence-electron chi connectivity index (χ3n) is 6.13. The van der Waals surface area contributed by atoms with E-state index in [9.17, 15) is 19.2 Å². The van der Waals surface area contributed by atoms with Gasteiger partial charge in [-0.1, -0.05) is 23.7 Å². The van der Waals surface area contributed by atoms with Crippen molar-refractivity contribution in [2.45, 2.75) is 38.1 Å². The minimum atomic E-state index is -0.567. The van der Waals surface area contributed by atoms with Crippen molar-refractivity contribution >= 4 is 57.9 Å². The Labute approximate surface area is 223 Å². The summed E-state index contributed by atoms with van der Waals surface area (Å²) in [6.45, 7) is 1.01. The molecule has 0 aliphatic carbocycles. The third-order valence-corrected chi connectivity index (χ3v) is 6.35. The summed E-state index contributed by atoms with van der Waals surface area (Å²) >= 11 is 5.85. The van der Waals surface area contributed by atoms with Gasteiger partial charge < -0.3 is 30.0 Å². The molecule has 0 spiro atoms. The van der Waals surface area contributed by atoms with Crippen molar-refractivity contribution in [2.75, 3.05) is 30.8 Å². The Morgan fingerprint density at radius 1 is 1.11 bits per heavy atom. The smallest absolute Gasteiger partial charge is 0.407 e. The van der Waals surface area contributed by atoms with Crippen LogP contribution in [0.5, 0.6) is 0 Å². The number of methoxy groups -OCH3 is 1. The Balaban J connectivity index is 1.30. The molecule has 0 bridgehead atoms. The molecule has 0 radical (unpaired) electrons. The van der Waals surface area contributed by atoms with Crippen LogP contribution >= 0.6 is 11.6 Å². The van der Waals surface area contributed by atoms with Crippen LogP contribution in [0.4, 0.5) is 16.3 Å². The fourth-order valence-corrected chi connectivity index (χ4v) is 4.32. The number of hydrogen-bond donors (Lipinski definition) is 3. The molecule has 200 valence electrons. The number of aromatic nitrogens is 1. The maximum Gasteiger partial charge on any atom is 0.407 e.